The Hall–Kier alpha value is -1.35. The van der Waals surface area contributed by atoms with E-state index in [9.17, 15) is 4.79 Å². The number of carbonyl (C=O) groups excluding carboxylic acids is 1. The summed E-state index contributed by atoms with van der Waals surface area (Å²) < 4.78 is 10.4. The lowest BCUT2D eigenvalue weighted by atomic mass is 10.1. The van der Waals surface area contributed by atoms with E-state index >= 15 is 0 Å². The van der Waals surface area contributed by atoms with Crippen molar-refractivity contribution in [1.82, 2.24) is 0 Å². The fourth-order valence-corrected chi connectivity index (χ4v) is 1.55. The largest absolute Gasteiger partial charge is 0.428 e. The van der Waals surface area contributed by atoms with Gasteiger partial charge in [0.25, 0.3) is 0 Å². The highest BCUT2D eigenvalue weighted by atomic mass is 16.7. The zero-order valence-electron chi connectivity index (χ0n) is 8.24. The summed E-state index contributed by atoms with van der Waals surface area (Å²) >= 11 is 0. The topological polar surface area (TPSA) is 35.5 Å². The minimum Gasteiger partial charge on any atom is -0.428 e. The normalized spacial score (nSPS) is 19.3. The van der Waals surface area contributed by atoms with E-state index < -0.39 is 6.29 Å². The first-order chi connectivity index (χ1) is 6.72. The van der Waals surface area contributed by atoms with Crippen molar-refractivity contribution >= 4 is 5.97 Å². The molecule has 0 aliphatic carbocycles. The molecular formula is C11H12O3. The maximum atomic E-state index is 11.4. The molecule has 1 heterocycles. The first-order valence-corrected chi connectivity index (χ1v) is 4.65. The van der Waals surface area contributed by atoms with Crippen molar-refractivity contribution < 1.29 is 14.3 Å². The van der Waals surface area contributed by atoms with E-state index in [1.807, 2.05) is 32.0 Å². The summed E-state index contributed by atoms with van der Waals surface area (Å²) in [5.41, 5.74) is 2.52. The summed E-state index contributed by atoms with van der Waals surface area (Å²) in [5.74, 6) is -0.290. The van der Waals surface area contributed by atoms with Crippen LogP contribution < -0.4 is 0 Å². The van der Waals surface area contributed by atoms with E-state index in [-0.39, 0.29) is 5.97 Å². The molecular weight excluding hydrogens is 180 g/mol. The lowest BCUT2D eigenvalue weighted by molar-refractivity contribution is -0.0993. The Bertz CT molecular complexity index is 371. The van der Waals surface area contributed by atoms with Crippen LogP contribution in [0.25, 0.3) is 0 Å². The van der Waals surface area contributed by atoms with Gasteiger partial charge in [0, 0.05) is 12.2 Å². The molecule has 0 spiro atoms. The molecule has 3 nitrogen and oxygen atoms in total. The molecule has 14 heavy (non-hydrogen) atoms. The molecule has 1 aliphatic heterocycles. The molecule has 2 rings (SSSR count). The van der Waals surface area contributed by atoms with Gasteiger partial charge in [-0.05, 0) is 19.9 Å². The number of aryl methyl sites for hydroxylation is 1. The Labute approximate surface area is 82.6 Å². The molecule has 1 atom stereocenters. The number of carbonyl (C=O) groups is 1. The summed E-state index contributed by atoms with van der Waals surface area (Å²) in [6, 6.07) is 5.67. The van der Waals surface area contributed by atoms with Crippen LogP contribution in [0.3, 0.4) is 0 Å². The minimum absolute atomic E-state index is 0.290. The third-order valence-electron chi connectivity index (χ3n) is 2.21. The van der Waals surface area contributed by atoms with Gasteiger partial charge in [-0.15, -0.1) is 0 Å². The van der Waals surface area contributed by atoms with E-state index in [2.05, 4.69) is 0 Å². The van der Waals surface area contributed by atoms with Crippen LogP contribution in [-0.2, 0) is 9.47 Å². The number of fused-ring (bicyclic) bond motifs is 1. The highest BCUT2D eigenvalue weighted by molar-refractivity contribution is 5.94. The van der Waals surface area contributed by atoms with Crippen molar-refractivity contribution in [2.75, 3.05) is 6.61 Å². The van der Waals surface area contributed by atoms with Gasteiger partial charge in [0.2, 0.25) is 6.29 Å². The molecule has 74 valence electrons. The van der Waals surface area contributed by atoms with E-state index in [1.165, 1.54) is 0 Å². The van der Waals surface area contributed by atoms with Crippen molar-refractivity contribution in [3.8, 4) is 0 Å². The van der Waals surface area contributed by atoms with Gasteiger partial charge in [-0.1, -0.05) is 17.7 Å². The van der Waals surface area contributed by atoms with Gasteiger partial charge < -0.3 is 9.47 Å². The molecule has 1 aliphatic rings. The lowest BCUT2D eigenvalue weighted by Gasteiger charge is -2.09. The van der Waals surface area contributed by atoms with Crippen LogP contribution in [0.4, 0.5) is 0 Å². The zero-order chi connectivity index (χ0) is 10.1. The second-order valence-corrected chi connectivity index (χ2v) is 3.28. The third-order valence-corrected chi connectivity index (χ3v) is 2.21. The Morgan fingerprint density at radius 1 is 1.50 bits per heavy atom. The molecule has 0 N–H and O–H groups in total. The number of hydrogen-bond donors (Lipinski definition) is 0. The maximum Gasteiger partial charge on any atom is 0.341 e. The van der Waals surface area contributed by atoms with Crippen LogP contribution in [0.2, 0.25) is 0 Å². The van der Waals surface area contributed by atoms with Crippen LogP contribution in [0.15, 0.2) is 18.2 Å². The fourth-order valence-electron chi connectivity index (χ4n) is 1.55. The molecule has 0 fully saturated rings. The Morgan fingerprint density at radius 3 is 3.00 bits per heavy atom. The molecule has 0 radical (unpaired) electrons. The number of ether oxygens (including phenoxy) is 2. The molecule has 1 aromatic carbocycles. The van der Waals surface area contributed by atoms with Gasteiger partial charge >= 0.3 is 5.97 Å². The van der Waals surface area contributed by atoms with Gasteiger partial charge in [-0.2, -0.15) is 0 Å². The van der Waals surface area contributed by atoms with Crippen molar-refractivity contribution in [3.63, 3.8) is 0 Å². The van der Waals surface area contributed by atoms with Crippen LogP contribution >= 0.6 is 0 Å². The first-order valence-electron chi connectivity index (χ1n) is 4.65. The number of cyclic esters (lactones) is 1. The van der Waals surface area contributed by atoms with E-state index in [4.69, 9.17) is 9.47 Å². The molecule has 1 unspecified atom stereocenters. The quantitative estimate of drug-likeness (QED) is 0.674. The van der Waals surface area contributed by atoms with E-state index in [1.54, 1.807) is 0 Å². The van der Waals surface area contributed by atoms with Gasteiger partial charge in [0.15, 0.2) is 0 Å². The predicted octanol–water partition coefficient (Wildman–Crippen LogP) is 2.20. The van der Waals surface area contributed by atoms with Crippen molar-refractivity contribution in [2.24, 2.45) is 0 Å². The van der Waals surface area contributed by atoms with E-state index in [0.29, 0.717) is 12.2 Å². The predicted molar refractivity (Wildman–Crippen MR) is 51.0 cm³/mol. The zero-order valence-corrected chi connectivity index (χ0v) is 8.24. The molecule has 0 amide bonds. The number of rotatable bonds is 2. The molecule has 0 bridgehead atoms. The van der Waals surface area contributed by atoms with Crippen LogP contribution in [-0.4, -0.2) is 12.6 Å². The number of hydrogen-bond acceptors (Lipinski definition) is 3. The van der Waals surface area contributed by atoms with Gasteiger partial charge in [0.05, 0.1) is 5.56 Å². The first kappa shape index (κ1) is 9.21. The molecule has 0 saturated heterocycles. The average molecular weight is 192 g/mol. The Morgan fingerprint density at radius 2 is 2.29 bits per heavy atom. The summed E-state index contributed by atoms with van der Waals surface area (Å²) in [4.78, 5) is 11.4. The maximum absolute atomic E-state index is 11.4. The van der Waals surface area contributed by atoms with Crippen LogP contribution in [0, 0.1) is 6.92 Å². The monoisotopic (exact) mass is 192 g/mol. The number of esters is 1. The average Bonchev–Trinajstić information content (AvgIpc) is 2.44. The van der Waals surface area contributed by atoms with Gasteiger partial charge in [-0.3, -0.25) is 0 Å². The van der Waals surface area contributed by atoms with Crippen LogP contribution in [0.5, 0.6) is 0 Å². The minimum atomic E-state index is -0.511. The molecule has 1 aromatic rings. The lowest BCUT2D eigenvalue weighted by Crippen LogP contribution is -2.03. The second kappa shape index (κ2) is 3.42. The van der Waals surface area contributed by atoms with Gasteiger partial charge in [-0.25, -0.2) is 4.79 Å². The summed E-state index contributed by atoms with van der Waals surface area (Å²) in [5, 5.41) is 0. The molecule has 3 heteroatoms. The van der Waals surface area contributed by atoms with Crippen molar-refractivity contribution in [3.05, 3.63) is 34.9 Å². The standard InChI is InChI=1S/C11H12O3/c1-3-13-11-8-5-4-7(2)6-9(8)10(12)14-11/h4-6,11H,3H2,1-2H3. The van der Waals surface area contributed by atoms with E-state index in [0.717, 1.165) is 11.1 Å². The second-order valence-electron chi connectivity index (χ2n) is 3.28. The van der Waals surface area contributed by atoms with Crippen molar-refractivity contribution in [2.45, 2.75) is 20.1 Å². The molecule has 0 saturated carbocycles. The molecule has 0 aromatic heterocycles. The third kappa shape index (κ3) is 1.40. The smallest absolute Gasteiger partial charge is 0.341 e. The number of benzene rings is 1. The summed E-state index contributed by atoms with van der Waals surface area (Å²) in [6.45, 7) is 4.35. The Balaban J connectivity index is 2.39. The highest BCUT2D eigenvalue weighted by Crippen LogP contribution is 2.31. The van der Waals surface area contributed by atoms with Crippen molar-refractivity contribution in [1.29, 1.82) is 0 Å². The highest BCUT2D eigenvalue weighted by Gasteiger charge is 2.31. The summed E-state index contributed by atoms with van der Waals surface area (Å²) in [6.07, 6.45) is -0.511. The summed E-state index contributed by atoms with van der Waals surface area (Å²) in [7, 11) is 0. The Kier molecular flexibility index (Phi) is 2.25. The fraction of sp³-hybridized carbons (Fsp3) is 0.364. The SMILES string of the molecule is CCOC1OC(=O)c2cc(C)ccc21. The van der Waals surface area contributed by atoms with Crippen LogP contribution in [0.1, 0.15) is 34.7 Å². The van der Waals surface area contributed by atoms with Gasteiger partial charge in [0.1, 0.15) is 0 Å².